The molecule has 1 amide bonds. The second kappa shape index (κ2) is 8.13. The second-order valence-electron chi connectivity index (χ2n) is 6.91. The van der Waals surface area contributed by atoms with Gasteiger partial charge in [0.25, 0.3) is 5.91 Å². The summed E-state index contributed by atoms with van der Waals surface area (Å²) in [7, 11) is 4.59. The van der Waals surface area contributed by atoms with Crippen LogP contribution in [0.4, 0.5) is 0 Å². The molecule has 0 heterocycles. The van der Waals surface area contributed by atoms with E-state index in [-0.39, 0.29) is 5.91 Å². The molecule has 0 bridgehead atoms. The Morgan fingerprint density at radius 1 is 0.962 bits per heavy atom. The third kappa shape index (κ3) is 4.69. The predicted octanol–water partition coefficient (Wildman–Crippen LogP) is 3.77. The van der Waals surface area contributed by atoms with Crippen LogP contribution < -0.4 is 19.5 Å². The molecule has 0 saturated carbocycles. The van der Waals surface area contributed by atoms with E-state index in [0.29, 0.717) is 22.8 Å². The van der Waals surface area contributed by atoms with Gasteiger partial charge in [-0.15, -0.1) is 0 Å². The van der Waals surface area contributed by atoms with Crippen molar-refractivity contribution in [2.24, 2.45) is 0 Å². The summed E-state index contributed by atoms with van der Waals surface area (Å²) < 4.78 is 15.9. The zero-order valence-electron chi connectivity index (χ0n) is 16.3. The van der Waals surface area contributed by atoms with Crippen molar-refractivity contribution < 1.29 is 19.0 Å². The molecule has 1 N–H and O–H groups in total. The highest BCUT2D eigenvalue weighted by atomic mass is 16.5. The summed E-state index contributed by atoms with van der Waals surface area (Å²) in [5.74, 6) is 1.17. The number of methoxy groups -OCH3 is 3. The lowest BCUT2D eigenvalue weighted by atomic mass is 9.94. The van der Waals surface area contributed by atoms with Crippen LogP contribution in [0.25, 0.3) is 0 Å². The number of carbonyl (C=O) groups is 1. The molecule has 5 nitrogen and oxygen atoms in total. The molecule has 0 unspecified atom stereocenters. The molecule has 5 heteroatoms. The molecule has 0 aliphatic heterocycles. The molecular formula is C21H27NO4. The van der Waals surface area contributed by atoms with Crippen molar-refractivity contribution in [2.75, 3.05) is 21.3 Å². The smallest absolute Gasteiger partial charge is 0.251 e. The third-order valence-electron chi connectivity index (χ3n) is 4.15. The highest BCUT2D eigenvalue weighted by Crippen LogP contribution is 2.38. The van der Waals surface area contributed by atoms with Crippen molar-refractivity contribution in [1.29, 1.82) is 0 Å². The normalized spacial score (nSPS) is 11.0. The number of rotatable bonds is 7. The van der Waals surface area contributed by atoms with Crippen LogP contribution >= 0.6 is 0 Å². The summed E-state index contributed by atoms with van der Waals surface area (Å²) in [5.41, 5.74) is 2.43. The molecule has 0 aliphatic carbocycles. The molecule has 26 heavy (non-hydrogen) atoms. The number of benzene rings is 2. The highest BCUT2D eigenvalue weighted by Gasteiger charge is 2.24. The fraction of sp³-hybridized carbons (Fsp3) is 0.381. The van der Waals surface area contributed by atoms with Crippen molar-refractivity contribution in [3.05, 3.63) is 53.1 Å². The molecule has 140 valence electrons. The lowest BCUT2D eigenvalue weighted by Gasteiger charge is -2.27. The Balaban J connectivity index is 2.21. The Morgan fingerprint density at radius 2 is 1.50 bits per heavy atom. The van der Waals surface area contributed by atoms with Gasteiger partial charge in [0.05, 0.1) is 21.3 Å². The minimum absolute atomic E-state index is 0.193. The van der Waals surface area contributed by atoms with Crippen LogP contribution in [-0.2, 0) is 6.42 Å². The third-order valence-corrected chi connectivity index (χ3v) is 4.15. The lowest BCUT2D eigenvalue weighted by Crippen LogP contribution is -2.45. The van der Waals surface area contributed by atoms with Crippen molar-refractivity contribution >= 4 is 5.91 Å². The van der Waals surface area contributed by atoms with Gasteiger partial charge in [-0.05, 0) is 44.9 Å². The van der Waals surface area contributed by atoms with Crippen LogP contribution in [0.5, 0.6) is 17.2 Å². The number of carbonyl (C=O) groups excluding carboxylic acids is 1. The van der Waals surface area contributed by atoms with Crippen LogP contribution in [-0.4, -0.2) is 32.8 Å². The van der Waals surface area contributed by atoms with Crippen molar-refractivity contribution in [1.82, 2.24) is 5.32 Å². The molecule has 0 aromatic heterocycles. The Morgan fingerprint density at radius 3 is 1.96 bits per heavy atom. The molecule has 0 aliphatic rings. The van der Waals surface area contributed by atoms with E-state index in [4.69, 9.17) is 14.2 Å². The highest BCUT2D eigenvalue weighted by molar-refractivity contribution is 5.96. The van der Waals surface area contributed by atoms with E-state index in [1.54, 1.807) is 12.1 Å². The zero-order chi connectivity index (χ0) is 19.3. The summed E-state index contributed by atoms with van der Waals surface area (Å²) in [6, 6.07) is 11.6. The predicted molar refractivity (Wildman–Crippen MR) is 103 cm³/mol. The van der Waals surface area contributed by atoms with E-state index in [0.717, 1.165) is 6.42 Å². The first-order chi connectivity index (χ1) is 12.3. The summed E-state index contributed by atoms with van der Waals surface area (Å²) in [4.78, 5) is 12.8. The van der Waals surface area contributed by atoms with Crippen LogP contribution in [0.15, 0.2) is 36.4 Å². The van der Waals surface area contributed by atoms with Gasteiger partial charge < -0.3 is 19.5 Å². The summed E-state index contributed by atoms with van der Waals surface area (Å²) in [6.07, 6.45) is 0.726. The molecule has 0 spiro atoms. The fourth-order valence-corrected chi connectivity index (χ4v) is 2.85. The minimum Gasteiger partial charge on any atom is -0.493 e. The monoisotopic (exact) mass is 357 g/mol. The molecule has 2 aromatic rings. The van der Waals surface area contributed by atoms with Crippen LogP contribution in [0, 0.1) is 6.92 Å². The molecule has 0 fully saturated rings. The van der Waals surface area contributed by atoms with Crippen LogP contribution in [0.1, 0.15) is 35.3 Å². The van der Waals surface area contributed by atoms with Crippen LogP contribution in [0.2, 0.25) is 0 Å². The second-order valence-corrected chi connectivity index (χ2v) is 6.91. The average molecular weight is 357 g/mol. The number of hydrogen-bond donors (Lipinski definition) is 1. The lowest BCUT2D eigenvalue weighted by molar-refractivity contribution is 0.0912. The fourth-order valence-electron chi connectivity index (χ4n) is 2.85. The number of hydrogen-bond acceptors (Lipinski definition) is 4. The minimum atomic E-state index is -0.410. The van der Waals surface area contributed by atoms with Gasteiger partial charge in [-0.3, -0.25) is 4.79 Å². The summed E-state index contributed by atoms with van der Waals surface area (Å²) in [6.45, 7) is 6.06. The Hall–Kier alpha value is -2.69. The van der Waals surface area contributed by atoms with Crippen molar-refractivity contribution in [3.63, 3.8) is 0 Å². The molecular weight excluding hydrogens is 330 g/mol. The number of amides is 1. The summed E-state index contributed by atoms with van der Waals surface area (Å²) in [5, 5.41) is 3.08. The van der Waals surface area contributed by atoms with Crippen molar-refractivity contribution in [2.45, 2.75) is 32.7 Å². The average Bonchev–Trinajstić information content (AvgIpc) is 2.61. The Bertz CT molecular complexity index is 741. The van der Waals surface area contributed by atoms with Gasteiger partial charge in [-0.2, -0.15) is 0 Å². The molecule has 0 radical (unpaired) electrons. The van der Waals surface area contributed by atoms with Gasteiger partial charge in [-0.1, -0.05) is 29.8 Å². The molecule has 0 saturated heterocycles. The van der Waals surface area contributed by atoms with E-state index < -0.39 is 5.54 Å². The standard InChI is InChI=1S/C21H27NO4/c1-14-7-9-15(10-8-14)13-21(2,3)22-20(23)16-11-17(24-4)19(26-6)18(12-16)25-5/h7-12H,13H2,1-6H3,(H,22,23). The number of aryl methyl sites for hydroxylation is 1. The Kier molecular flexibility index (Phi) is 6.14. The van der Waals surface area contributed by atoms with Gasteiger partial charge >= 0.3 is 0 Å². The van der Waals surface area contributed by atoms with Gasteiger partial charge in [-0.25, -0.2) is 0 Å². The van der Waals surface area contributed by atoms with E-state index in [9.17, 15) is 4.79 Å². The number of nitrogens with one attached hydrogen (secondary N) is 1. The topological polar surface area (TPSA) is 56.8 Å². The largest absolute Gasteiger partial charge is 0.493 e. The van der Waals surface area contributed by atoms with Gasteiger partial charge in [0.15, 0.2) is 11.5 Å². The maximum absolute atomic E-state index is 12.8. The van der Waals surface area contributed by atoms with E-state index in [1.165, 1.54) is 32.5 Å². The SMILES string of the molecule is COc1cc(C(=O)NC(C)(C)Cc2ccc(C)cc2)cc(OC)c1OC. The van der Waals surface area contributed by atoms with Gasteiger partial charge in [0.1, 0.15) is 0 Å². The Labute approximate surface area is 155 Å². The van der Waals surface area contributed by atoms with Crippen LogP contribution in [0.3, 0.4) is 0 Å². The molecule has 2 rings (SSSR count). The zero-order valence-corrected chi connectivity index (χ0v) is 16.3. The van der Waals surface area contributed by atoms with E-state index in [2.05, 4.69) is 36.5 Å². The van der Waals surface area contributed by atoms with Crippen molar-refractivity contribution in [3.8, 4) is 17.2 Å². The van der Waals surface area contributed by atoms with Gasteiger partial charge in [0.2, 0.25) is 5.75 Å². The quantitative estimate of drug-likeness (QED) is 0.819. The van der Waals surface area contributed by atoms with E-state index in [1.807, 2.05) is 13.8 Å². The first-order valence-corrected chi connectivity index (χ1v) is 8.47. The maximum atomic E-state index is 12.8. The van der Waals surface area contributed by atoms with E-state index >= 15 is 0 Å². The first-order valence-electron chi connectivity index (χ1n) is 8.47. The number of ether oxygens (including phenoxy) is 3. The maximum Gasteiger partial charge on any atom is 0.251 e. The molecule has 0 atom stereocenters. The first kappa shape index (κ1) is 19.6. The molecule has 2 aromatic carbocycles. The van der Waals surface area contributed by atoms with Gasteiger partial charge in [0, 0.05) is 11.1 Å². The summed E-state index contributed by atoms with van der Waals surface area (Å²) >= 11 is 0.